The van der Waals surface area contributed by atoms with Crippen molar-refractivity contribution in [3.05, 3.63) is 102 Å². The Kier molecular flexibility index (Phi) is 12.0. The number of ketones is 1. The van der Waals surface area contributed by atoms with E-state index < -0.39 is 0 Å². The smallest absolute Gasteiger partial charge is 0.331 e. The molecule has 2 aliphatic heterocycles. The first-order valence-corrected chi connectivity index (χ1v) is 16.0. The molecule has 47 heavy (non-hydrogen) atoms. The van der Waals surface area contributed by atoms with E-state index in [4.69, 9.17) is 23.7 Å². The Hall–Kier alpha value is -4.74. The summed E-state index contributed by atoms with van der Waals surface area (Å²) in [5.74, 6) is 1.06. The Morgan fingerprint density at radius 1 is 0.766 bits per heavy atom. The number of imidazole rings is 2. The molecule has 6 rings (SSSR count). The lowest BCUT2D eigenvalue weighted by Crippen LogP contribution is -2.24. The molecule has 2 aromatic carbocycles. The van der Waals surface area contributed by atoms with E-state index in [2.05, 4.69) is 9.97 Å². The van der Waals surface area contributed by atoms with Gasteiger partial charge in [-0.2, -0.15) is 0 Å². The maximum absolute atomic E-state index is 12.3. The fourth-order valence-electron chi connectivity index (χ4n) is 5.26. The molecule has 0 bridgehead atoms. The van der Waals surface area contributed by atoms with E-state index in [1.807, 2.05) is 48.0 Å². The van der Waals surface area contributed by atoms with Gasteiger partial charge in [0.15, 0.2) is 12.6 Å². The van der Waals surface area contributed by atoms with Crippen molar-refractivity contribution in [2.24, 2.45) is 14.1 Å². The average molecular weight is 643 g/mol. The summed E-state index contributed by atoms with van der Waals surface area (Å²) in [5.41, 5.74) is 3.67. The van der Waals surface area contributed by atoms with E-state index in [0.717, 1.165) is 80.1 Å². The Bertz CT molecular complexity index is 1610. The Labute approximate surface area is 275 Å². The fraction of sp³-hybridized carbons (Fsp3) is 0.389. The van der Waals surface area contributed by atoms with Crippen LogP contribution < -0.4 is 9.47 Å². The highest BCUT2D eigenvalue weighted by Crippen LogP contribution is 2.27. The molecule has 0 N–H and O–H groups in total. The Morgan fingerprint density at radius 2 is 1.28 bits per heavy atom. The summed E-state index contributed by atoms with van der Waals surface area (Å²) in [6.07, 6.45) is 14.0. The molecule has 2 atom stereocenters. The lowest BCUT2D eigenvalue weighted by atomic mass is 10.0. The highest BCUT2D eigenvalue weighted by atomic mass is 16.7. The van der Waals surface area contributed by atoms with Gasteiger partial charge in [-0.1, -0.05) is 12.1 Å². The van der Waals surface area contributed by atoms with Crippen LogP contribution in [0.2, 0.25) is 0 Å². The molecule has 11 nitrogen and oxygen atoms in total. The van der Waals surface area contributed by atoms with Crippen LogP contribution in [-0.4, -0.2) is 63.3 Å². The van der Waals surface area contributed by atoms with E-state index in [-0.39, 0.29) is 24.3 Å². The van der Waals surface area contributed by atoms with Crippen LogP contribution in [0.5, 0.6) is 11.5 Å². The maximum atomic E-state index is 12.3. The number of aryl methyl sites for hydroxylation is 2. The zero-order chi connectivity index (χ0) is 33.0. The standard InChI is InChI=1S/C20H24N2O4.C16H18N2O3/c1-3-24-19(23)12-17(18-13-21-14-22(18)2)15-7-9-16(10-8-15)26-20-6-4-5-11-25-20;1-18-11-17-10-14(18)16(19)12-5-7-13(8-6-12)21-15-4-2-3-9-20-15/h7-10,12-14,20H,3-6,11H2,1-2H3;5-8,10-11,15H,2-4,9H2,1H3. The zero-order valence-electron chi connectivity index (χ0n) is 27.2. The predicted molar refractivity (Wildman–Crippen MR) is 175 cm³/mol. The van der Waals surface area contributed by atoms with Crippen LogP contribution in [0.15, 0.2) is 79.7 Å². The summed E-state index contributed by atoms with van der Waals surface area (Å²) in [5, 5.41) is 0. The van der Waals surface area contributed by atoms with Crippen LogP contribution in [0.4, 0.5) is 0 Å². The minimum absolute atomic E-state index is 0.0459. The van der Waals surface area contributed by atoms with Crippen molar-refractivity contribution >= 4 is 17.3 Å². The lowest BCUT2D eigenvalue weighted by molar-refractivity contribution is -0.137. The van der Waals surface area contributed by atoms with Crippen molar-refractivity contribution in [1.82, 2.24) is 19.1 Å². The number of ether oxygens (including phenoxy) is 5. The van der Waals surface area contributed by atoms with Gasteiger partial charge in [-0.15, -0.1) is 0 Å². The van der Waals surface area contributed by atoms with Gasteiger partial charge in [0.1, 0.15) is 17.2 Å². The summed E-state index contributed by atoms with van der Waals surface area (Å²) in [7, 11) is 3.69. The zero-order valence-corrected chi connectivity index (χ0v) is 27.2. The molecule has 0 amide bonds. The largest absolute Gasteiger partial charge is 0.465 e. The second-order valence-electron chi connectivity index (χ2n) is 11.3. The van der Waals surface area contributed by atoms with Crippen molar-refractivity contribution in [1.29, 1.82) is 0 Å². The molecule has 4 aromatic rings. The molecule has 0 saturated carbocycles. The molecule has 0 spiro atoms. The first-order chi connectivity index (χ1) is 22.9. The lowest BCUT2D eigenvalue weighted by Gasteiger charge is -2.23. The molecular weight excluding hydrogens is 600 g/mol. The normalized spacial score (nSPS) is 18.1. The number of esters is 1. The first-order valence-electron chi connectivity index (χ1n) is 16.0. The second-order valence-corrected chi connectivity index (χ2v) is 11.3. The van der Waals surface area contributed by atoms with E-state index in [0.29, 0.717) is 17.9 Å². The molecule has 2 unspecified atom stereocenters. The van der Waals surface area contributed by atoms with E-state index >= 15 is 0 Å². The number of aromatic nitrogens is 4. The summed E-state index contributed by atoms with van der Waals surface area (Å²) >= 11 is 0. The third-order valence-electron chi connectivity index (χ3n) is 7.78. The topological polar surface area (TPSA) is 116 Å². The minimum Gasteiger partial charge on any atom is -0.465 e. The number of carbonyl (C=O) groups is 2. The van der Waals surface area contributed by atoms with E-state index in [1.165, 1.54) is 6.08 Å². The highest BCUT2D eigenvalue weighted by molar-refractivity contribution is 6.07. The second kappa shape index (κ2) is 16.7. The molecule has 248 valence electrons. The number of carbonyl (C=O) groups excluding carboxylic acids is 2. The molecule has 2 saturated heterocycles. The van der Waals surface area contributed by atoms with Crippen molar-refractivity contribution in [3.8, 4) is 11.5 Å². The maximum Gasteiger partial charge on any atom is 0.331 e. The molecule has 2 aromatic heterocycles. The van der Waals surface area contributed by atoms with Crippen molar-refractivity contribution in [2.45, 2.75) is 58.0 Å². The van der Waals surface area contributed by atoms with Crippen LogP contribution in [0, 0.1) is 0 Å². The van der Waals surface area contributed by atoms with Gasteiger partial charge >= 0.3 is 5.97 Å². The SMILES string of the molecule is CCOC(=O)C=C(c1ccc(OC2CCCCO2)cc1)c1cncn1C.Cn1cncc1C(=O)c1ccc(OC2CCCCO2)cc1. The summed E-state index contributed by atoms with van der Waals surface area (Å²) in [6, 6.07) is 14.8. The molecule has 0 aliphatic carbocycles. The van der Waals surface area contributed by atoms with Crippen molar-refractivity contribution < 1.29 is 33.3 Å². The quantitative estimate of drug-likeness (QED) is 0.119. The van der Waals surface area contributed by atoms with Gasteiger partial charge in [0.05, 0.1) is 50.6 Å². The first kappa shape index (κ1) is 33.6. The molecule has 2 fully saturated rings. The Balaban J connectivity index is 0.000000189. The van der Waals surface area contributed by atoms with Crippen LogP contribution in [0.3, 0.4) is 0 Å². The van der Waals surface area contributed by atoms with Crippen LogP contribution >= 0.6 is 0 Å². The third kappa shape index (κ3) is 9.40. The minimum atomic E-state index is -0.375. The third-order valence-corrected chi connectivity index (χ3v) is 7.78. The van der Waals surface area contributed by atoms with Crippen LogP contribution in [-0.2, 0) is 33.1 Å². The van der Waals surface area contributed by atoms with Gasteiger partial charge in [0.25, 0.3) is 0 Å². The summed E-state index contributed by atoms with van der Waals surface area (Å²) in [4.78, 5) is 32.4. The number of hydrogen-bond acceptors (Lipinski definition) is 9. The molecular formula is C36H42N4O7. The average Bonchev–Trinajstić information content (AvgIpc) is 3.73. The van der Waals surface area contributed by atoms with Crippen LogP contribution in [0.1, 0.15) is 72.8 Å². The number of rotatable bonds is 10. The van der Waals surface area contributed by atoms with Gasteiger partial charge < -0.3 is 32.8 Å². The van der Waals surface area contributed by atoms with E-state index in [9.17, 15) is 9.59 Å². The monoisotopic (exact) mass is 642 g/mol. The number of hydrogen-bond donors (Lipinski definition) is 0. The molecule has 11 heteroatoms. The van der Waals surface area contributed by atoms with E-state index in [1.54, 1.807) is 55.7 Å². The van der Waals surface area contributed by atoms with Crippen molar-refractivity contribution in [2.75, 3.05) is 19.8 Å². The van der Waals surface area contributed by atoms with Gasteiger partial charge in [0, 0.05) is 44.1 Å². The molecule has 2 aliphatic rings. The summed E-state index contributed by atoms with van der Waals surface area (Å²) < 4.78 is 31.4. The van der Waals surface area contributed by atoms with Gasteiger partial charge in [-0.05, 0) is 74.6 Å². The van der Waals surface area contributed by atoms with Crippen molar-refractivity contribution in [3.63, 3.8) is 0 Å². The number of benzene rings is 2. The van der Waals surface area contributed by atoms with Gasteiger partial charge in [-0.25, -0.2) is 14.8 Å². The van der Waals surface area contributed by atoms with Gasteiger partial charge in [-0.3, -0.25) is 4.79 Å². The number of nitrogens with zero attached hydrogens (tertiary/aromatic N) is 4. The molecule has 0 radical (unpaired) electrons. The van der Waals surface area contributed by atoms with Crippen LogP contribution in [0.25, 0.3) is 5.57 Å². The molecule has 4 heterocycles. The summed E-state index contributed by atoms with van der Waals surface area (Å²) in [6.45, 7) is 3.62. The predicted octanol–water partition coefficient (Wildman–Crippen LogP) is 5.88. The Morgan fingerprint density at radius 3 is 1.72 bits per heavy atom. The fourth-order valence-corrected chi connectivity index (χ4v) is 5.26. The highest BCUT2D eigenvalue weighted by Gasteiger charge is 2.18. The van der Waals surface area contributed by atoms with Gasteiger partial charge in [0.2, 0.25) is 5.78 Å².